The van der Waals surface area contributed by atoms with Gasteiger partial charge in [0.2, 0.25) is 0 Å². The number of hydrogen-bond acceptors (Lipinski definition) is 4. The number of carbonyl (C=O) groups excluding carboxylic acids is 1. The van der Waals surface area contributed by atoms with Crippen LogP contribution in [-0.2, 0) is 11.9 Å². The van der Waals surface area contributed by atoms with Crippen molar-refractivity contribution in [3.63, 3.8) is 0 Å². The zero-order chi connectivity index (χ0) is 20.1. The third kappa shape index (κ3) is 3.05. The number of nitrogens with zero attached hydrogens (tertiary/aromatic N) is 2. The largest absolute Gasteiger partial charge is 0.354 e. The number of anilines is 1. The molecule has 2 aliphatic rings. The van der Waals surface area contributed by atoms with E-state index >= 15 is 4.39 Å². The molecule has 2 aromatic rings. The predicted octanol–water partition coefficient (Wildman–Crippen LogP) is 4.15. The number of hydrogen-bond donors (Lipinski definition) is 2. The fourth-order valence-corrected chi connectivity index (χ4v) is 4.50. The van der Waals surface area contributed by atoms with Gasteiger partial charge in [-0.25, -0.2) is 14.9 Å². The van der Waals surface area contributed by atoms with Gasteiger partial charge < -0.3 is 9.88 Å². The van der Waals surface area contributed by atoms with Crippen LogP contribution in [0.15, 0.2) is 47.4 Å². The molecule has 0 radical (unpaired) electrons. The van der Waals surface area contributed by atoms with Crippen LogP contribution in [0.2, 0.25) is 0 Å². The molecule has 1 heterocycles. The maximum absolute atomic E-state index is 15.3. The van der Waals surface area contributed by atoms with E-state index in [1.807, 2.05) is 6.08 Å². The highest BCUT2D eigenvalue weighted by Gasteiger charge is 2.58. The van der Waals surface area contributed by atoms with E-state index in [4.69, 9.17) is 16.4 Å². The lowest BCUT2D eigenvalue weighted by Crippen LogP contribution is -2.26. The normalized spacial score (nSPS) is 22.9. The van der Waals surface area contributed by atoms with Crippen LogP contribution >= 0.6 is 27.5 Å². The molecular weight excluding hydrogens is 451 g/mol. The number of hydroxylamine groups is 1. The molecule has 0 bridgehead atoms. The molecule has 1 fully saturated rings. The fraction of sp³-hybridized carbons (Fsp3) is 0.263. The molecule has 2 aliphatic carbocycles. The number of carbonyl (C=O) groups is 1. The number of alkyl halides is 1. The molecule has 1 amide bonds. The first kappa shape index (κ1) is 19.2. The van der Waals surface area contributed by atoms with Gasteiger partial charge >= 0.3 is 0 Å². The summed E-state index contributed by atoms with van der Waals surface area (Å²) in [4.78, 5) is 21.2. The average molecular weight is 468 g/mol. The Balaban J connectivity index is 1.77. The Morgan fingerprint density at radius 3 is 3.14 bits per heavy atom. The number of rotatable bonds is 6. The minimum absolute atomic E-state index is 0.00857. The highest BCUT2D eigenvalue weighted by atomic mass is 79.9. The van der Waals surface area contributed by atoms with Gasteiger partial charge in [-0.05, 0) is 24.6 Å². The minimum Gasteiger partial charge on any atom is -0.354 e. The lowest BCUT2D eigenvalue weighted by Gasteiger charge is -2.21. The van der Waals surface area contributed by atoms with Gasteiger partial charge in [0.1, 0.15) is 5.52 Å². The van der Waals surface area contributed by atoms with Crippen LogP contribution in [0.1, 0.15) is 16.8 Å². The Bertz CT molecular complexity index is 1060. The van der Waals surface area contributed by atoms with Crippen LogP contribution in [0.25, 0.3) is 11.0 Å². The van der Waals surface area contributed by atoms with Gasteiger partial charge in [-0.2, -0.15) is 0 Å². The van der Waals surface area contributed by atoms with E-state index in [1.165, 1.54) is 12.4 Å². The quantitative estimate of drug-likeness (QED) is 0.290. The van der Waals surface area contributed by atoms with E-state index < -0.39 is 16.6 Å². The van der Waals surface area contributed by atoms with Crippen molar-refractivity contribution in [1.82, 2.24) is 15.0 Å². The highest BCUT2D eigenvalue weighted by molar-refractivity contribution is 9.11. The Kier molecular flexibility index (Phi) is 4.81. The van der Waals surface area contributed by atoms with Crippen molar-refractivity contribution in [2.75, 3.05) is 11.9 Å². The average Bonchev–Trinajstić information content (AvgIpc) is 3.25. The number of fused-ring (bicyclic) bond motifs is 2. The summed E-state index contributed by atoms with van der Waals surface area (Å²) in [7, 11) is 1.73. The second-order valence-corrected chi connectivity index (χ2v) is 8.33. The number of halogens is 3. The number of imidazole rings is 1. The Morgan fingerprint density at radius 2 is 2.39 bits per heavy atom. The summed E-state index contributed by atoms with van der Waals surface area (Å²) in [6, 6.07) is 1.57. The number of allylic oxidation sites excluding steroid dienone is 4. The van der Waals surface area contributed by atoms with E-state index in [9.17, 15) is 4.79 Å². The van der Waals surface area contributed by atoms with Gasteiger partial charge in [-0.15, -0.1) is 18.2 Å². The van der Waals surface area contributed by atoms with Crippen LogP contribution in [0, 0.1) is 11.7 Å². The monoisotopic (exact) mass is 466 g/mol. The first-order valence-corrected chi connectivity index (χ1v) is 9.74. The van der Waals surface area contributed by atoms with Crippen LogP contribution < -0.4 is 10.8 Å². The summed E-state index contributed by atoms with van der Waals surface area (Å²) >= 11 is 10.2. The number of aromatic nitrogens is 2. The topological polar surface area (TPSA) is 68.2 Å². The maximum Gasteiger partial charge on any atom is 0.277 e. The Hall–Kier alpha value is -2.16. The summed E-state index contributed by atoms with van der Waals surface area (Å²) in [5.74, 6) is -1.08. The molecule has 1 aromatic heterocycles. The van der Waals surface area contributed by atoms with Gasteiger partial charge in [0.15, 0.2) is 5.82 Å². The van der Waals surface area contributed by atoms with Gasteiger partial charge in [0.25, 0.3) is 5.91 Å². The second kappa shape index (κ2) is 7.02. The SMILES string of the molecule is C=CCONC(=O)c1cc2c(ncn2C)c(F)c1NC1=CC=C(Br)C2CC12Cl. The molecule has 0 aliphatic heterocycles. The first-order valence-electron chi connectivity index (χ1n) is 8.57. The molecule has 0 spiro atoms. The summed E-state index contributed by atoms with van der Waals surface area (Å²) in [5, 5.41) is 3.05. The third-order valence-corrected chi connectivity index (χ3v) is 6.35. The van der Waals surface area contributed by atoms with Crippen molar-refractivity contribution in [2.24, 2.45) is 13.0 Å². The summed E-state index contributed by atoms with van der Waals surface area (Å²) < 4.78 is 18.0. The van der Waals surface area contributed by atoms with Crippen LogP contribution in [0.3, 0.4) is 0 Å². The first-order chi connectivity index (χ1) is 13.4. The molecule has 1 aromatic carbocycles. The molecule has 0 saturated heterocycles. The summed E-state index contributed by atoms with van der Waals surface area (Å²) in [6.45, 7) is 3.65. The molecule has 146 valence electrons. The standard InChI is InChI=1S/C19H17BrClFN4O2/c1-3-6-28-25-18(27)10-7-13-17(23-9-26(13)2)15(22)16(10)24-14-5-4-12(20)11-8-19(11,14)21/h3-5,7,9,11,24H,1,6,8H2,2H3,(H,25,27). The van der Waals surface area contributed by atoms with E-state index in [-0.39, 0.29) is 29.3 Å². The summed E-state index contributed by atoms with van der Waals surface area (Å²) in [5.41, 5.74) is 3.69. The molecule has 9 heteroatoms. The molecule has 2 unspecified atom stereocenters. The predicted molar refractivity (Wildman–Crippen MR) is 110 cm³/mol. The number of nitrogens with one attached hydrogen (secondary N) is 2. The zero-order valence-electron chi connectivity index (χ0n) is 14.9. The van der Waals surface area contributed by atoms with E-state index in [1.54, 1.807) is 23.8 Å². The van der Waals surface area contributed by atoms with Gasteiger partial charge in [-0.3, -0.25) is 9.63 Å². The van der Waals surface area contributed by atoms with Crippen molar-refractivity contribution in [1.29, 1.82) is 0 Å². The molecule has 4 rings (SSSR count). The van der Waals surface area contributed by atoms with Crippen molar-refractivity contribution < 1.29 is 14.0 Å². The molecular formula is C19H17BrClFN4O2. The van der Waals surface area contributed by atoms with E-state index in [0.717, 1.165) is 10.9 Å². The van der Waals surface area contributed by atoms with Crippen LogP contribution in [0.4, 0.5) is 10.1 Å². The summed E-state index contributed by atoms with van der Waals surface area (Å²) in [6.07, 6.45) is 7.38. The van der Waals surface area contributed by atoms with Crippen LogP contribution in [0.5, 0.6) is 0 Å². The van der Waals surface area contributed by atoms with Crippen molar-refractivity contribution in [3.8, 4) is 0 Å². The van der Waals surface area contributed by atoms with E-state index in [0.29, 0.717) is 11.2 Å². The van der Waals surface area contributed by atoms with Crippen molar-refractivity contribution in [3.05, 3.63) is 58.8 Å². The lowest BCUT2D eigenvalue weighted by molar-refractivity contribution is 0.0422. The molecule has 6 nitrogen and oxygen atoms in total. The van der Waals surface area contributed by atoms with Gasteiger partial charge in [0, 0.05) is 23.1 Å². The maximum atomic E-state index is 15.3. The smallest absolute Gasteiger partial charge is 0.277 e. The van der Waals surface area contributed by atoms with E-state index in [2.05, 4.69) is 38.3 Å². The lowest BCUT2D eigenvalue weighted by atomic mass is 10.1. The zero-order valence-corrected chi connectivity index (χ0v) is 17.3. The molecule has 28 heavy (non-hydrogen) atoms. The second-order valence-electron chi connectivity index (χ2n) is 6.74. The Morgan fingerprint density at radius 1 is 1.61 bits per heavy atom. The molecule has 2 atom stereocenters. The Labute approximate surface area is 174 Å². The number of amides is 1. The minimum atomic E-state index is -0.633. The fourth-order valence-electron chi connectivity index (χ4n) is 3.30. The van der Waals surface area contributed by atoms with Crippen molar-refractivity contribution in [2.45, 2.75) is 11.3 Å². The van der Waals surface area contributed by atoms with Crippen molar-refractivity contribution >= 4 is 50.2 Å². The molecule has 1 saturated carbocycles. The number of aryl methyl sites for hydroxylation is 1. The van der Waals surface area contributed by atoms with Crippen LogP contribution in [-0.4, -0.2) is 26.9 Å². The number of benzene rings is 1. The van der Waals surface area contributed by atoms with Gasteiger partial charge in [0.05, 0.1) is 34.6 Å². The highest BCUT2D eigenvalue weighted by Crippen LogP contribution is 2.61. The van der Waals surface area contributed by atoms with Gasteiger partial charge in [-0.1, -0.05) is 22.0 Å². The third-order valence-electron chi connectivity index (χ3n) is 4.91. The molecule has 2 N–H and O–H groups in total.